The normalized spacial score (nSPS) is 9.32. The van der Waals surface area contributed by atoms with Crippen LogP contribution in [-0.2, 0) is 15.8 Å². The van der Waals surface area contributed by atoms with Crippen molar-refractivity contribution in [1.29, 1.82) is 0 Å². The van der Waals surface area contributed by atoms with Crippen LogP contribution < -0.4 is 0 Å². The van der Waals surface area contributed by atoms with E-state index in [-0.39, 0.29) is 5.69 Å². The van der Waals surface area contributed by atoms with Crippen molar-refractivity contribution in [3.05, 3.63) is 71.7 Å². The third kappa shape index (κ3) is 8.94. The second-order valence-corrected chi connectivity index (χ2v) is 5.17. The second kappa shape index (κ2) is 15.5. The molecule has 0 saturated heterocycles. The molecular weight excluding hydrogens is 412 g/mol. The van der Waals surface area contributed by atoms with Crippen LogP contribution in [0.4, 0.5) is 17.6 Å². The minimum atomic E-state index is -4.55. The summed E-state index contributed by atoms with van der Waals surface area (Å²) in [4.78, 5) is 16.0. The summed E-state index contributed by atoms with van der Waals surface area (Å²) in [7, 11) is 0. The van der Waals surface area contributed by atoms with Crippen molar-refractivity contribution in [1.82, 2.24) is 9.78 Å². The highest BCUT2D eigenvalue weighted by molar-refractivity contribution is 5.63. The molecule has 2 aromatic carbocycles. The molecule has 0 fully saturated rings. The van der Waals surface area contributed by atoms with Gasteiger partial charge in [0.25, 0.3) is 0 Å². The first kappa shape index (κ1) is 29.9. The maximum absolute atomic E-state index is 13.1. The van der Waals surface area contributed by atoms with E-state index in [2.05, 4.69) is 5.10 Å². The zero-order chi connectivity index (χ0) is 24.6. The van der Waals surface area contributed by atoms with E-state index in [1.54, 1.807) is 24.3 Å². The van der Waals surface area contributed by atoms with Gasteiger partial charge in [0.05, 0.1) is 11.4 Å². The molecule has 0 saturated carbocycles. The fourth-order valence-electron chi connectivity index (χ4n) is 2.23. The van der Waals surface area contributed by atoms with E-state index in [1.165, 1.54) is 28.9 Å². The quantitative estimate of drug-likeness (QED) is 0.417. The highest BCUT2D eigenvalue weighted by atomic mass is 19.4. The molecule has 1 aromatic heterocycles. The number of benzene rings is 2. The average molecular weight is 440 g/mol. The molecule has 0 N–H and O–H groups in total. The topological polar surface area (TPSA) is 52.0 Å². The number of aryl methyl sites for hydroxylation is 1. The SMILES string of the molecule is C=O.C=O.CC.CC.Cc1ccc(-n2nc(C(F)(F)F)cc2-c2ccc(F)cc2)cc1. The number of carbonyl (C=O) groups excluding carboxylic acids is 2. The molecule has 31 heavy (non-hydrogen) atoms. The van der Waals surface area contributed by atoms with Gasteiger partial charge in [-0.15, -0.1) is 0 Å². The van der Waals surface area contributed by atoms with Crippen molar-refractivity contribution in [2.75, 3.05) is 0 Å². The van der Waals surface area contributed by atoms with Crippen LogP contribution in [0.25, 0.3) is 16.9 Å². The molecule has 0 unspecified atom stereocenters. The van der Waals surface area contributed by atoms with E-state index < -0.39 is 17.7 Å². The van der Waals surface area contributed by atoms with Crippen molar-refractivity contribution < 1.29 is 27.2 Å². The molecule has 8 heteroatoms. The number of hydrogen-bond donors (Lipinski definition) is 0. The van der Waals surface area contributed by atoms with E-state index in [0.29, 0.717) is 11.3 Å². The summed E-state index contributed by atoms with van der Waals surface area (Å²) in [5.41, 5.74) is 1.21. The minimum absolute atomic E-state index is 0.251. The molecule has 0 aliphatic carbocycles. The molecule has 0 aliphatic rings. The van der Waals surface area contributed by atoms with Gasteiger partial charge in [0.2, 0.25) is 0 Å². The third-order valence-corrected chi connectivity index (χ3v) is 3.42. The smallest absolute Gasteiger partial charge is 0.307 e. The molecule has 0 atom stereocenters. The summed E-state index contributed by atoms with van der Waals surface area (Å²) < 4.78 is 53.3. The van der Waals surface area contributed by atoms with Gasteiger partial charge in [0.1, 0.15) is 19.4 Å². The molecule has 1 heterocycles. The molecule has 3 aromatic rings. The van der Waals surface area contributed by atoms with Crippen LogP contribution in [0.15, 0.2) is 54.6 Å². The number of alkyl halides is 3. The van der Waals surface area contributed by atoms with Crippen molar-refractivity contribution in [2.24, 2.45) is 0 Å². The lowest BCUT2D eigenvalue weighted by Crippen LogP contribution is -2.07. The predicted molar refractivity (Wildman–Crippen MR) is 116 cm³/mol. The van der Waals surface area contributed by atoms with Gasteiger partial charge in [-0.05, 0) is 49.4 Å². The lowest BCUT2D eigenvalue weighted by Gasteiger charge is -2.08. The maximum atomic E-state index is 13.1. The summed E-state index contributed by atoms with van der Waals surface area (Å²) in [6.45, 7) is 13.9. The van der Waals surface area contributed by atoms with Crippen LogP contribution in [0, 0.1) is 12.7 Å². The molecule has 0 spiro atoms. The van der Waals surface area contributed by atoms with Gasteiger partial charge in [-0.3, -0.25) is 0 Å². The van der Waals surface area contributed by atoms with Crippen LogP contribution in [0.2, 0.25) is 0 Å². The van der Waals surface area contributed by atoms with Crippen molar-refractivity contribution in [3.63, 3.8) is 0 Å². The molecule has 0 radical (unpaired) electrons. The average Bonchev–Trinajstić information content (AvgIpc) is 3.26. The molecule has 170 valence electrons. The van der Waals surface area contributed by atoms with E-state index in [4.69, 9.17) is 9.59 Å². The first-order valence-corrected chi connectivity index (χ1v) is 9.42. The monoisotopic (exact) mass is 440 g/mol. The molecule has 0 bridgehead atoms. The van der Waals surface area contributed by atoms with Crippen molar-refractivity contribution >= 4 is 13.6 Å². The Morgan fingerprint density at radius 3 is 1.68 bits per heavy atom. The standard InChI is InChI=1S/C17H12F4N2.2C2H6.2CH2O/c1-11-2-8-14(9-3-11)23-15(10-16(22-23)17(19,20)21)12-4-6-13(18)7-5-12;4*1-2/h2-10H,1H3;2*1-2H3;2*1H2. The molecule has 0 amide bonds. The number of hydrogen-bond acceptors (Lipinski definition) is 3. The second-order valence-electron chi connectivity index (χ2n) is 5.17. The summed E-state index contributed by atoms with van der Waals surface area (Å²) in [5, 5.41) is 3.68. The van der Waals surface area contributed by atoms with Crippen LogP contribution in [0.3, 0.4) is 0 Å². The fourth-order valence-corrected chi connectivity index (χ4v) is 2.23. The maximum Gasteiger partial charge on any atom is 0.435 e. The van der Waals surface area contributed by atoms with Gasteiger partial charge in [0.15, 0.2) is 5.69 Å². The first-order valence-electron chi connectivity index (χ1n) is 9.42. The largest absolute Gasteiger partial charge is 0.435 e. The first-order chi connectivity index (χ1) is 14.8. The number of nitrogens with zero attached hydrogens (tertiary/aromatic N) is 2. The fraction of sp³-hybridized carbons (Fsp3) is 0.261. The van der Waals surface area contributed by atoms with E-state index >= 15 is 0 Å². The van der Waals surface area contributed by atoms with Gasteiger partial charge < -0.3 is 9.59 Å². The van der Waals surface area contributed by atoms with Crippen molar-refractivity contribution in [3.8, 4) is 16.9 Å². The summed E-state index contributed by atoms with van der Waals surface area (Å²) in [5.74, 6) is -0.453. The molecule has 4 nitrogen and oxygen atoms in total. The number of carbonyl (C=O) groups is 2. The Bertz CT molecular complexity index is 794. The van der Waals surface area contributed by atoms with Gasteiger partial charge in [-0.2, -0.15) is 18.3 Å². The Balaban J connectivity index is 0. The Kier molecular flexibility index (Phi) is 15.0. The van der Waals surface area contributed by atoms with E-state index in [0.717, 1.165) is 11.6 Å². The highest BCUT2D eigenvalue weighted by Gasteiger charge is 2.35. The molecule has 0 aliphatic heterocycles. The van der Waals surface area contributed by atoms with Crippen LogP contribution in [0.5, 0.6) is 0 Å². The third-order valence-electron chi connectivity index (χ3n) is 3.42. The van der Waals surface area contributed by atoms with E-state index in [9.17, 15) is 17.6 Å². The van der Waals surface area contributed by atoms with Gasteiger partial charge in [0, 0.05) is 5.56 Å². The minimum Gasteiger partial charge on any atom is -0.307 e. The number of aromatic nitrogens is 2. The Morgan fingerprint density at radius 1 is 0.806 bits per heavy atom. The number of rotatable bonds is 2. The molecule has 3 rings (SSSR count). The number of halogens is 4. The Hall–Kier alpha value is -3.29. The van der Waals surface area contributed by atoms with Crippen LogP contribution in [-0.4, -0.2) is 23.4 Å². The predicted octanol–water partition coefficient (Wildman–Crippen LogP) is 6.69. The zero-order valence-electron chi connectivity index (χ0n) is 18.3. The van der Waals surface area contributed by atoms with Crippen LogP contribution in [0.1, 0.15) is 39.0 Å². The van der Waals surface area contributed by atoms with Gasteiger partial charge >= 0.3 is 6.18 Å². The lowest BCUT2D eigenvalue weighted by atomic mass is 10.1. The Morgan fingerprint density at radius 2 is 1.26 bits per heavy atom. The van der Waals surface area contributed by atoms with E-state index in [1.807, 2.05) is 48.2 Å². The summed E-state index contributed by atoms with van der Waals surface area (Å²) >= 11 is 0. The highest BCUT2D eigenvalue weighted by Crippen LogP contribution is 2.33. The lowest BCUT2D eigenvalue weighted by molar-refractivity contribution is -0.141. The summed E-state index contributed by atoms with van der Waals surface area (Å²) in [6.07, 6.45) is -4.55. The Labute approximate surface area is 180 Å². The van der Waals surface area contributed by atoms with Gasteiger partial charge in [-0.25, -0.2) is 9.07 Å². The zero-order valence-corrected chi connectivity index (χ0v) is 18.3. The molecular formula is C23H28F4N2O2. The summed E-state index contributed by atoms with van der Waals surface area (Å²) in [6, 6.07) is 13.2. The van der Waals surface area contributed by atoms with Crippen LogP contribution >= 0.6 is 0 Å². The van der Waals surface area contributed by atoms with Crippen molar-refractivity contribution in [2.45, 2.75) is 40.8 Å². The van der Waals surface area contributed by atoms with Gasteiger partial charge in [-0.1, -0.05) is 45.4 Å².